The molecule has 0 saturated heterocycles. The maximum absolute atomic E-state index is 13.7. The third kappa shape index (κ3) is 3.43. The second kappa shape index (κ2) is 6.65. The number of halogens is 3. The number of amides is 1. The van der Waals surface area contributed by atoms with Crippen LogP contribution in [0.25, 0.3) is 0 Å². The molecule has 3 nitrogen and oxygen atoms in total. The van der Waals surface area contributed by atoms with E-state index in [1.54, 1.807) is 0 Å². The van der Waals surface area contributed by atoms with E-state index >= 15 is 0 Å². The van der Waals surface area contributed by atoms with E-state index in [0.717, 1.165) is 18.2 Å². The Kier molecular flexibility index (Phi) is 4.57. The Morgan fingerprint density at radius 1 is 1.12 bits per heavy atom. The van der Waals surface area contributed by atoms with Crippen LogP contribution in [0, 0.1) is 23.4 Å². The molecule has 1 amide bonds. The summed E-state index contributed by atoms with van der Waals surface area (Å²) < 4.78 is 40.2. The van der Waals surface area contributed by atoms with Gasteiger partial charge in [-0.15, -0.1) is 0 Å². The van der Waals surface area contributed by atoms with Crippen LogP contribution in [0.2, 0.25) is 0 Å². The number of aliphatic hydroxyl groups is 1. The van der Waals surface area contributed by atoms with E-state index in [9.17, 15) is 18.0 Å². The van der Waals surface area contributed by atoms with Crippen molar-refractivity contribution in [3.8, 4) is 0 Å². The van der Waals surface area contributed by atoms with Crippen LogP contribution in [-0.2, 0) is 17.9 Å². The van der Waals surface area contributed by atoms with Crippen molar-refractivity contribution in [2.75, 3.05) is 0 Å². The van der Waals surface area contributed by atoms with Gasteiger partial charge in [0.1, 0.15) is 17.5 Å². The van der Waals surface area contributed by atoms with Crippen molar-refractivity contribution in [2.45, 2.75) is 25.5 Å². The van der Waals surface area contributed by atoms with Gasteiger partial charge in [-0.3, -0.25) is 4.79 Å². The normalized spacial score (nSPS) is 19.2. The summed E-state index contributed by atoms with van der Waals surface area (Å²) in [6, 6.07) is 7.46. The number of hydrogen-bond donors (Lipinski definition) is 2. The van der Waals surface area contributed by atoms with Crippen molar-refractivity contribution in [3.05, 3.63) is 70.5 Å². The molecule has 2 N–H and O–H groups in total. The first-order valence-corrected chi connectivity index (χ1v) is 7.60. The summed E-state index contributed by atoms with van der Waals surface area (Å²) in [6.45, 7) is -0.238. The van der Waals surface area contributed by atoms with Crippen LogP contribution in [0.3, 0.4) is 0 Å². The summed E-state index contributed by atoms with van der Waals surface area (Å²) >= 11 is 0. The van der Waals surface area contributed by atoms with Gasteiger partial charge in [-0.25, -0.2) is 13.2 Å². The van der Waals surface area contributed by atoms with Crippen LogP contribution in [0.1, 0.15) is 29.0 Å². The minimum absolute atomic E-state index is 0.160. The quantitative estimate of drug-likeness (QED) is 0.882. The van der Waals surface area contributed by atoms with Gasteiger partial charge in [-0.05, 0) is 53.8 Å². The van der Waals surface area contributed by atoms with Gasteiger partial charge in [0.25, 0.3) is 0 Å². The average Bonchev–Trinajstić information content (AvgIpc) is 3.36. The summed E-state index contributed by atoms with van der Waals surface area (Å²) in [5.74, 6) is -2.50. The van der Waals surface area contributed by atoms with Crippen LogP contribution >= 0.6 is 0 Å². The molecule has 1 aliphatic carbocycles. The lowest BCUT2D eigenvalue weighted by atomic mass is 10.1. The summed E-state index contributed by atoms with van der Waals surface area (Å²) in [6.07, 6.45) is 0.470. The molecule has 2 aromatic rings. The molecule has 0 aliphatic heterocycles. The molecular weight excluding hydrogens is 319 g/mol. The standard InChI is InChI=1S/C18H16F3NO2/c19-12-2-4-17(21)14(6-12)13-7-15(13)18(24)22-8-10-1-3-16(20)11(5-10)9-23/h1-6,13,15,23H,7-9H2,(H,22,24). The van der Waals surface area contributed by atoms with Crippen molar-refractivity contribution in [1.82, 2.24) is 5.32 Å². The Hall–Kier alpha value is -2.34. The predicted molar refractivity (Wildman–Crippen MR) is 81.4 cm³/mol. The Morgan fingerprint density at radius 3 is 2.62 bits per heavy atom. The first kappa shape index (κ1) is 16.5. The topological polar surface area (TPSA) is 49.3 Å². The van der Waals surface area contributed by atoms with Gasteiger partial charge in [-0.1, -0.05) is 6.07 Å². The SMILES string of the molecule is O=C(NCc1ccc(F)c(CO)c1)C1CC1c1cc(F)ccc1F. The Labute approximate surface area is 137 Å². The minimum Gasteiger partial charge on any atom is -0.392 e. The molecule has 24 heavy (non-hydrogen) atoms. The van der Waals surface area contributed by atoms with Gasteiger partial charge in [0.15, 0.2) is 0 Å². The number of rotatable bonds is 5. The van der Waals surface area contributed by atoms with Crippen LogP contribution in [-0.4, -0.2) is 11.0 Å². The fourth-order valence-electron chi connectivity index (χ4n) is 2.81. The summed E-state index contributed by atoms with van der Waals surface area (Å²) in [7, 11) is 0. The van der Waals surface area contributed by atoms with E-state index in [0.29, 0.717) is 12.0 Å². The zero-order valence-corrected chi connectivity index (χ0v) is 12.7. The number of nitrogens with one attached hydrogen (secondary N) is 1. The van der Waals surface area contributed by atoms with Crippen LogP contribution < -0.4 is 5.32 Å². The van der Waals surface area contributed by atoms with Crippen LogP contribution in [0.5, 0.6) is 0 Å². The third-order valence-electron chi connectivity index (χ3n) is 4.23. The lowest BCUT2D eigenvalue weighted by molar-refractivity contribution is -0.122. The maximum atomic E-state index is 13.7. The van der Waals surface area contributed by atoms with Gasteiger partial charge in [0.05, 0.1) is 6.61 Å². The van der Waals surface area contributed by atoms with Crippen molar-refractivity contribution in [3.63, 3.8) is 0 Å². The summed E-state index contributed by atoms with van der Waals surface area (Å²) in [5.41, 5.74) is 1.04. The summed E-state index contributed by atoms with van der Waals surface area (Å²) in [5, 5.41) is 11.7. The Balaban J connectivity index is 1.60. The fourth-order valence-corrected chi connectivity index (χ4v) is 2.81. The van der Waals surface area contributed by atoms with Crippen molar-refractivity contribution in [2.24, 2.45) is 5.92 Å². The molecule has 0 bridgehead atoms. The van der Waals surface area contributed by atoms with E-state index in [1.807, 2.05) is 0 Å². The smallest absolute Gasteiger partial charge is 0.224 e. The van der Waals surface area contributed by atoms with E-state index in [-0.39, 0.29) is 35.4 Å². The molecule has 0 spiro atoms. The van der Waals surface area contributed by atoms with Crippen LogP contribution in [0.15, 0.2) is 36.4 Å². The molecule has 3 rings (SSSR count). The zero-order valence-electron chi connectivity index (χ0n) is 12.7. The molecule has 2 unspecified atom stereocenters. The monoisotopic (exact) mass is 335 g/mol. The molecular formula is C18H16F3NO2. The molecule has 2 atom stereocenters. The van der Waals surface area contributed by atoms with Crippen molar-refractivity contribution in [1.29, 1.82) is 0 Å². The van der Waals surface area contributed by atoms with E-state index in [1.165, 1.54) is 18.2 Å². The highest BCUT2D eigenvalue weighted by Crippen LogP contribution is 2.48. The van der Waals surface area contributed by atoms with E-state index < -0.39 is 24.1 Å². The van der Waals surface area contributed by atoms with Gasteiger partial charge < -0.3 is 10.4 Å². The second-order valence-electron chi connectivity index (χ2n) is 5.92. The number of carbonyl (C=O) groups excluding carboxylic acids is 1. The molecule has 0 aromatic heterocycles. The first-order valence-electron chi connectivity index (χ1n) is 7.60. The van der Waals surface area contributed by atoms with E-state index in [2.05, 4.69) is 5.32 Å². The van der Waals surface area contributed by atoms with Crippen LogP contribution in [0.4, 0.5) is 13.2 Å². The molecule has 1 aliphatic rings. The average molecular weight is 335 g/mol. The number of aliphatic hydroxyl groups excluding tert-OH is 1. The van der Waals surface area contributed by atoms with Crippen molar-refractivity contribution < 1.29 is 23.1 Å². The Morgan fingerprint density at radius 2 is 1.88 bits per heavy atom. The molecule has 0 radical (unpaired) electrons. The first-order chi connectivity index (χ1) is 11.5. The van der Waals surface area contributed by atoms with Gasteiger partial charge in [0, 0.05) is 18.0 Å². The molecule has 2 aromatic carbocycles. The fraction of sp³-hybridized carbons (Fsp3) is 0.278. The molecule has 1 saturated carbocycles. The van der Waals surface area contributed by atoms with E-state index in [4.69, 9.17) is 5.11 Å². The zero-order chi connectivity index (χ0) is 17.3. The minimum atomic E-state index is -0.527. The molecule has 1 fully saturated rings. The molecule has 0 heterocycles. The second-order valence-corrected chi connectivity index (χ2v) is 5.92. The lowest BCUT2D eigenvalue weighted by Gasteiger charge is -2.08. The summed E-state index contributed by atoms with van der Waals surface area (Å²) in [4.78, 5) is 12.1. The lowest BCUT2D eigenvalue weighted by Crippen LogP contribution is -2.25. The van der Waals surface area contributed by atoms with Gasteiger partial charge >= 0.3 is 0 Å². The maximum Gasteiger partial charge on any atom is 0.224 e. The number of benzene rings is 2. The molecule has 126 valence electrons. The van der Waals surface area contributed by atoms with Gasteiger partial charge in [0.2, 0.25) is 5.91 Å². The highest BCUT2D eigenvalue weighted by atomic mass is 19.1. The third-order valence-corrected chi connectivity index (χ3v) is 4.23. The highest BCUT2D eigenvalue weighted by Gasteiger charge is 2.45. The van der Waals surface area contributed by atoms with Crippen molar-refractivity contribution >= 4 is 5.91 Å². The number of hydrogen-bond acceptors (Lipinski definition) is 2. The largest absolute Gasteiger partial charge is 0.392 e. The van der Waals surface area contributed by atoms with Gasteiger partial charge in [-0.2, -0.15) is 0 Å². The predicted octanol–water partition coefficient (Wildman–Crippen LogP) is 3.02. The highest BCUT2D eigenvalue weighted by molar-refractivity contribution is 5.82. The molecule has 6 heteroatoms. The Bertz CT molecular complexity index is 779. The number of carbonyl (C=O) groups is 1.